The lowest BCUT2D eigenvalue weighted by atomic mass is 10.4. The minimum absolute atomic E-state index is 0.611. The van der Waals surface area contributed by atoms with Gasteiger partial charge in [-0.1, -0.05) is 39.1 Å². The molecule has 0 heterocycles. The molecule has 0 nitrogen and oxygen atoms in total. The Morgan fingerprint density at radius 3 is 1.80 bits per heavy atom. The number of rotatable bonds is 0. The fourth-order valence-corrected chi connectivity index (χ4v) is 1.96. The molecule has 54 valence electrons. The van der Waals surface area contributed by atoms with Crippen LogP contribution < -0.4 is 0 Å². The molecule has 0 radical (unpaired) electrons. The third kappa shape index (κ3) is 1.88. The van der Waals surface area contributed by atoms with Gasteiger partial charge in [0, 0.05) is 4.47 Å². The van der Waals surface area contributed by atoms with Crippen LogP contribution in [0.2, 0.25) is 10.0 Å². The zero-order valence-corrected chi connectivity index (χ0v) is 9.35. The maximum absolute atomic E-state index is 5.76. The summed E-state index contributed by atoms with van der Waals surface area (Å²) in [7, 11) is 0. The fourth-order valence-electron chi connectivity index (χ4n) is 0.525. The highest BCUT2D eigenvalue weighted by molar-refractivity contribution is 9.11. The van der Waals surface area contributed by atoms with E-state index in [1.807, 2.05) is 0 Å². The van der Waals surface area contributed by atoms with Crippen LogP contribution in [0.3, 0.4) is 0 Å². The van der Waals surface area contributed by atoms with Gasteiger partial charge in [-0.2, -0.15) is 0 Å². The first kappa shape index (κ1) is 8.85. The first-order valence-electron chi connectivity index (χ1n) is 2.41. The number of halogens is 4. The molecule has 0 saturated carbocycles. The van der Waals surface area contributed by atoms with Crippen LogP contribution in [0.1, 0.15) is 0 Å². The molecule has 0 aliphatic rings. The van der Waals surface area contributed by atoms with Crippen molar-refractivity contribution in [3.63, 3.8) is 0 Å². The summed E-state index contributed by atoms with van der Waals surface area (Å²) in [5.74, 6) is 0. The number of hydrogen-bond donors (Lipinski definition) is 0. The lowest BCUT2D eigenvalue weighted by Gasteiger charge is -1.98. The van der Waals surface area contributed by atoms with Gasteiger partial charge >= 0.3 is 0 Å². The molecule has 1 aromatic rings. The van der Waals surface area contributed by atoms with E-state index in [0.29, 0.717) is 10.0 Å². The van der Waals surface area contributed by atoms with Crippen molar-refractivity contribution in [1.82, 2.24) is 0 Å². The molecule has 1 rings (SSSR count). The van der Waals surface area contributed by atoms with Crippen molar-refractivity contribution < 1.29 is 0 Å². The SMILES string of the molecule is Clc1cc(Br)cc(Cl)c1Br. The summed E-state index contributed by atoms with van der Waals surface area (Å²) in [5, 5.41) is 1.22. The Labute approximate surface area is 85.8 Å². The van der Waals surface area contributed by atoms with Gasteiger partial charge in [-0.25, -0.2) is 0 Å². The highest BCUT2D eigenvalue weighted by Gasteiger charge is 2.02. The zero-order chi connectivity index (χ0) is 7.72. The van der Waals surface area contributed by atoms with Gasteiger partial charge in [-0.3, -0.25) is 0 Å². The smallest absolute Gasteiger partial charge is 0.0574 e. The topological polar surface area (TPSA) is 0 Å². The number of benzene rings is 1. The predicted molar refractivity (Wildman–Crippen MR) is 51.9 cm³/mol. The standard InChI is InChI=1S/C6H2Br2Cl2/c7-3-1-4(9)6(8)5(10)2-3/h1-2H. The van der Waals surface area contributed by atoms with Crippen LogP contribution in [0.4, 0.5) is 0 Å². The lowest BCUT2D eigenvalue weighted by molar-refractivity contribution is 1.60. The normalized spacial score (nSPS) is 10.0. The zero-order valence-electron chi connectivity index (χ0n) is 4.67. The molecule has 0 N–H and O–H groups in total. The van der Waals surface area contributed by atoms with Gasteiger partial charge in [-0.15, -0.1) is 0 Å². The second-order valence-corrected chi connectivity index (χ2v) is 4.21. The molecule has 0 atom stereocenters. The Bertz CT molecular complexity index is 237. The Kier molecular flexibility index (Phi) is 3.04. The van der Waals surface area contributed by atoms with E-state index in [4.69, 9.17) is 23.2 Å². The third-order valence-electron chi connectivity index (χ3n) is 0.949. The van der Waals surface area contributed by atoms with Crippen LogP contribution in [0.5, 0.6) is 0 Å². The third-order valence-corrected chi connectivity index (χ3v) is 3.31. The monoisotopic (exact) mass is 302 g/mol. The molecule has 0 aliphatic heterocycles. The van der Waals surface area contributed by atoms with E-state index in [9.17, 15) is 0 Å². The van der Waals surface area contributed by atoms with Crippen molar-refractivity contribution in [2.75, 3.05) is 0 Å². The van der Waals surface area contributed by atoms with Gasteiger partial charge < -0.3 is 0 Å². The van der Waals surface area contributed by atoms with Crippen molar-refractivity contribution in [2.24, 2.45) is 0 Å². The molecule has 0 spiro atoms. The first-order chi connectivity index (χ1) is 4.61. The predicted octanol–water partition coefficient (Wildman–Crippen LogP) is 4.52. The van der Waals surface area contributed by atoms with Crippen LogP contribution in [0, 0.1) is 0 Å². The molecular weight excluding hydrogens is 303 g/mol. The second-order valence-electron chi connectivity index (χ2n) is 1.68. The van der Waals surface area contributed by atoms with Crippen LogP contribution >= 0.6 is 55.1 Å². The molecule has 0 aromatic heterocycles. The molecule has 10 heavy (non-hydrogen) atoms. The van der Waals surface area contributed by atoms with Gasteiger partial charge in [0.2, 0.25) is 0 Å². The fraction of sp³-hybridized carbons (Fsp3) is 0. The van der Waals surface area contributed by atoms with Crippen molar-refractivity contribution in [3.8, 4) is 0 Å². The summed E-state index contributed by atoms with van der Waals surface area (Å²) in [5.41, 5.74) is 0. The van der Waals surface area contributed by atoms with Crippen LogP contribution in [-0.4, -0.2) is 0 Å². The van der Waals surface area contributed by atoms with E-state index in [1.54, 1.807) is 12.1 Å². The van der Waals surface area contributed by atoms with Gasteiger partial charge in [0.15, 0.2) is 0 Å². The summed E-state index contributed by atoms with van der Waals surface area (Å²) in [4.78, 5) is 0. The Morgan fingerprint density at radius 2 is 1.40 bits per heavy atom. The summed E-state index contributed by atoms with van der Waals surface area (Å²) >= 11 is 18.0. The average Bonchev–Trinajstić information content (AvgIpc) is 1.82. The molecule has 0 amide bonds. The lowest BCUT2D eigenvalue weighted by Crippen LogP contribution is -1.71. The first-order valence-corrected chi connectivity index (χ1v) is 4.75. The summed E-state index contributed by atoms with van der Waals surface area (Å²) in [6.07, 6.45) is 0. The maximum atomic E-state index is 5.76. The van der Waals surface area contributed by atoms with Crippen LogP contribution in [-0.2, 0) is 0 Å². The van der Waals surface area contributed by atoms with Crippen molar-refractivity contribution in [2.45, 2.75) is 0 Å². The van der Waals surface area contributed by atoms with E-state index in [0.717, 1.165) is 8.95 Å². The highest BCUT2D eigenvalue weighted by atomic mass is 79.9. The maximum Gasteiger partial charge on any atom is 0.0574 e. The van der Waals surface area contributed by atoms with E-state index in [1.165, 1.54) is 0 Å². The van der Waals surface area contributed by atoms with Gasteiger partial charge in [0.05, 0.1) is 14.5 Å². The minimum Gasteiger partial charge on any atom is -0.0830 e. The molecular formula is C6H2Br2Cl2. The molecule has 0 aliphatic carbocycles. The van der Waals surface area contributed by atoms with Gasteiger partial charge in [0.25, 0.3) is 0 Å². The summed E-state index contributed by atoms with van der Waals surface area (Å²) < 4.78 is 1.62. The summed E-state index contributed by atoms with van der Waals surface area (Å²) in [6, 6.07) is 3.55. The molecule has 0 bridgehead atoms. The second kappa shape index (κ2) is 3.44. The van der Waals surface area contributed by atoms with E-state index < -0.39 is 0 Å². The largest absolute Gasteiger partial charge is 0.0830 e. The molecule has 0 saturated heterocycles. The highest BCUT2D eigenvalue weighted by Crippen LogP contribution is 2.33. The molecule has 0 fully saturated rings. The van der Waals surface area contributed by atoms with Crippen molar-refractivity contribution in [3.05, 3.63) is 31.1 Å². The van der Waals surface area contributed by atoms with Gasteiger partial charge in [0.1, 0.15) is 0 Å². The Hall–Kier alpha value is 0.760. The van der Waals surface area contributed by atoms with E-state index >= 15 is 0 Å². The van der Waals surface area contributed by atoms with Crippen LogP contribution in [0.15, 0.2) is 21.1 Å². The molecule has 4 heteroatoms. The van der Waals surface area contributed by atoms with E-state index in [-0.39, 0.29) is 0 Å². The van der Waals surface area contributed by atoms with Crippen molar-refractivity contribution >= 4 is 55.1 Å². The quantitative estimate of drug-likeness (QED) is 0.488. The van der Waals surface area contributed by atoms with Gasteiger partial charge in [-0.05, 0) is 28.1 Å². The molecule has 0 unspecified atom stereocenters. The minimum atomic E-state index is 0.611. The molecule has 1 aromatic carbocycles. The Morgan fingerprint density at radius 1 is 1.00 bits per heavy atom. The Balaban J connectivity index is 3.31. The van der Waals surface area contributed by atoms with Crippen molar-refractivity contribution in [1.29, 1.82) is 0 Å². The average molecular weight is 305 g/mol. The summed E-state index contributed by atoms with van der Waals surface area (Å²) in [6.45, 7) is 0. The van der Waals surface area contributed by atoms with E-state index in [2.05, 4.69) is 31.9 Å². The van der Waals surface area contributed by atoms with Crippen LogP contribution in [0.25, 0.3) is 0 Å². The number of hydrogen-bond acceptors (Lipinski definition) is 0.